The molecular formula is C25H18N4OS2. The maximum absolute atomic E-state index is 13.7. The minimum Gasteiger partial charge on any atom is -0.383 e. The van der Waals surface area contributed by atoms with Gasteiger partial charge in [-0.2, -0.15) is 16.6 Å². The normalized spacial score (nSPS) is 22.2. The molecule has 0 bridgehead atoms. The second kappa shape index (κ2) is 7.30. The lowest BCUT2D eigenvalue weighted by Crippen LogP contribution is -2.40. The van der Waals surface area contributed by atoms with E-state index < -0.39 is 5.92 Å². The number of allylic oxidation sites excluding steroid dienone is 3. The highest BCUT2D eigenvalue weighted by atomic mass is 32.1. The van der Waals surface area contributed by atoms with Crippen molar-refractivity contribution in [1.82, 2.24) is 0 Å². The van der Waals surface area contributed by atoms with Gasteiger partial charge in [-0.25, -0.2) is 4.99 Å². The second-order valence-electron chi connectivity index (χ2n) is 8.09. The number of aliphatic imine (C=N–C) groups is 1. The van der Waals surface area contributed by atoms with Gasteiger partial charge in [0.05, 0.1) is 23.2 Å². The van der Waals surface area contributed by atoms with Crippen LogP contribution in [0.25, 0.3) is 0 Å². The van der Waals surface area contributed by atoms with E-state index in [0.29, 0.717) is 30.1 Å². The van der Waals surface area contributed by atoms with Gasteiger partial charge < -0.3 is 5.73 Å². The van der Waals surface area contributed by atoms with Crippen molar-refractivity contribution in [2.24, 2.45) is 10.7 Å². The molecule has 2 aromatic heterocycles. The van der Waals surface area contributed by atoms with Crippen LogP contribution in [-0.2, 0) is 4.79 Å². The summed E-state index contributed by atoms with van der Waals surface area (Å²) < 4.78 is 0. The number of hydrogen-bond donors (Lipinski definition) is 1. The zero-order chi connectivity index (χ0) is 21.8. The summed E-state index contributed by atoms with van der Waals surface area (Å²) in [6.07, 6.45) is 1.17. The van der Waals surface area contributed by atoms with Crippen molar-refractivity contribution in [1.29, 1.82) is 5.26 Å². The number of carbonyl (C=O) groups is 1. The lowest BCUT2D eigenvalue weighted by Gasteiger charge is -2.43. The third-order valence-electron chi connectivity index (χ3n) is 6.37. The smallest absolute Gasteiger partial charge is 0.162 e. The number of nitrogens with zero attached hydrogens (tertiary/aromatic N) is 3. The molecule has 156 valence electrons. The molecule has 5 nitrogen and oxygen atoms in total. The number of fused-ring (bicyclic) bond motifs is 4. The molecule has 6 rings (SSSR count). The first-order valence-corrected chi connectivity index (χ1v) is 12.2. The van der Waals surface area contributed by atoms with E-state index >= 15 is 0 Å². The van der Waals surface area contributed by atoms with E-state index in [9.17, 15) is 10.1 Å². The lowest BCUT2D eigenvalue weighted by atomic mass is 9.73. The summed E-state index contributed by atoms with van der Waals surface area (Å²) in [5.74, 6) is 0.742. The van der Waals surface area contributed by atoms with Crippen molar-refractivity contribution in [2.45, 2.75) is 24.7 Å². The van der Waals surface area contributed by atoms with Crippen LogP contribution < -0.4 is 10.6 Å². The summed E-state index contributed by atoms with van der Waals surface area (Å²) in [7, 11) is 0. The van der Waals surface area contributed by atoms with Crippen LogP contribution in [0.1, 0.15) is 40.7 Å². The Labute approximate surface area is 193 Å². The Morgan fingerprint density at radius 2 is 2.00 bits per heavy atom. The van der Waals surface area contributed by atoms with E-state index in [0.717, 1.165) is 28.1 Å². The third-order valence-corrected chi connectivity index (χ3v) is 8.11. The number of para-hydroxylation sites is 1. The molecular weight excluding hydrogens is 436 g/mol. The third kappa shape index (κ3) is 2.73. The molecule has 2 N–H and O–H groups in total. The highest BCUT2D eigenvalue weighted by molar-refractivity contribution is 7.10. The predicted octanol–water partition coefficient (Wildman–Crippen LogP) is 5.27. The molecule has 1 aromatic carbocycles. The standard InChI is InChI=1S/C25H18N4OS2/c26-12-17-22(14-7-9-31-13-14)23-19(10-15(11-20(23)30)21-6-3-8-32-21)29-18-5-2-1-4-16(18)24(27)28-25(17)29/h1-9,13,15,22H,10-11H2,(H2,27,28). The van der Waals surface area contributed by atoms with E-state index in [2.05, 4.69) is 17.5 Å². The van der Waals surface area contributed by atoms with Crippen LogP contribution in [0, 0.1) is 11.3 Å². The van der Waals surface area contributed by atoms with Crippen LogP contribution in [0.4, 0.5) is 5.69 Å². The zero-order valence-corrected chi connectivity index (χ0v) is 18.6. The summed E-state index contributed by atoms with van der Waals surface area (Å²) in [4.78, 5) is 21.6. The number of rotatable bonds is 2. The molecule has 0 fully saturated rings. The number of nitrogens with two attached hydrogens (primary N) is 1. The topological polar surface area (TPSA) is 82.5 Å². The van der Waals surface area contributed by atoms with Crippen molar-refractivity contribution in [3.05, 3.63) is 97.3 Å². The Balaban J connectivity index is 1.63. The summed E-state index contributed by atoms with van der Waals surface area (Å²) in [6.45, 7) is 0. The van der Waals surface area contributed by atoms with Gasteiger partial charge in [-0.3, -0.25) is 9.69 Å². The van der Waals surface area contributed by atoms with E-state index in [1.807, 2.05) is 52.1 Å². The number of carbonyl (C=O) groups excluding carboxylic acids is 1. The van der Waals surface area contributed by atoms with Crippen LogP contribution in [0.2, 0.25) is 0 Å². The fourth-order valence-electron chi connectivity index (χ4n) is 5.01. The average Bonchev–Trinajstić information content (AvgIpc) is 3.52. The monoisotopic (exact) mass is 454 g/mol. The molecule has 7 heteroatoms. The minimum atomic E-state index is -0.411. The van der Waals surface area contributed by atoms with Gasteiger partial charge in [-0.1, -0.05) is 18.2 Å². The highest BCUT2D eigenvalue weighted by Gasteiger charge is 2.45. The van der Waals surface area contributed by atoms with Crippen molar-refractivity contribution in [3.8, 4) is 6.07 Å². The Morgan fingerprint density at radius 3 is 2.75 bits per heavy atom. The van der Waals surface area contributed by atoms with Gasteiger partial charge in [0.1, 0.15) is 5.84 Å². The molecule has 0 spiro atoms. The van der Waals surface area contributed by atoms with Gasteiger partial charge >= 0.3 is 0 Å². The zero-order valence-electron chi connectivity index (χ0n) is 17.0. The lowest BCUT2D eigenvalue weighted by molar-refractivity contribution is -0.116. The first-order valence-electron chi connectivity index (χ1n) is 10.4. The highest BCUT2D eigenvalue weighted by Crippen LogP contribution is 2.52. The molecule has 32 heavy (non-hydrogen) atoms. The first-order chi connectivity index (χ1) is 15.7. The molecule has 0 amide bonds. The fourth-order valence-corrected chi connectivity index (χ4v) is 6.53. The van der Waals surface area contributed by atoms with E-state index in [1.54, 1.807) is 22.7 Å². The Kier molecular flexibility index (Phi) is 4.39. The number of thiophene rings is 2. The van der Waals surface area contributed by atoms with Gasteiger partial charge in [0, 0.05) is 34.0 Å². The van der Waals surface area contributed by atoms with Crippen LogP contribution in [0.15, 0.2) is 86.3 Å². The molecule has 0 saturated carbocycles. The number of nitriles is 1. The summed E-state index contributed by atoms with van der Waals surface area (Å²) in [5, 5.41) is 16.3. The van der Waals surface area contributed by atoms with Gasteiger partial charge in [-0.15, -0.1) is 11.3 Å². The molecule has 0 saturated heterocycles. The number of hydrogen-bond acceptors (Lipinski definition) is 7. The molecule has 3 aliphatic rings. The maximum Gasteiger partial charge on any atom is 0.162 e. The number of Topliss-reactive ketones (excluding diaryl/α,β-unsaturated/α-hetero) is 1. The Bertz CT molecular complexity index is 1370. The van der Waals surface area contributed by atoms with Crippen molar-refractivity contribution in [3.63, 3.8) is 0 Å². The summed E-state index contributed by atoms with van der Waals surface area (Å²) >= 11 is 3.25. The summed E-state index contributed by atoms with van der Waals surface area (Å²) in [6, 6.07) is 16.3. The van der Waals surface area contributed by atoms with Gasteiger partial charge in [0.25, 0.3) is 0 Å². The molecule has 2 unspecified atom stereocenters. The predicted molar refractivity (Wildman–Crippen MR) is 128 cm³/mol. The largest absolute Gasteiger partial charge is 0.383 e. The maximum atomic E-state index is 13.7. The quantitative estimate of drug-likeness (QED) is 0.572. The molecule has 2 aliphatic heterocycles. The van der Waals surface area contributed by atoms with Crippen molar-refractivity contribution in [2.75, 3.05) is 4.90 Å². The average molecular weight is 455 g/mol. The van der Waals surface area contributed by atoms with Gasteiger partial charge in [0.15, 0.2) is 11.6 Å². The van der Waals surface area contributed by atoms with Crippen molar-refractivity contribution < 1.29 is 4.79 Å². The number of ketones is 1. The number of anilines is 1. The molecule has 0 radical (unpaired) electrons. The van der Waals surface area contributed by atoms with Gasteiger partial charge in [-0.05, 0) is 52.4 Å². The Hall–Kier alpha value is -3.47. The van der Waals surface area contributed by atoms with E-state index in [-0.39, 0.29) is 11.7 Å². The van der Waals surface area contributed by atoms with Crippen LogP contribution in [0.3, 0.4) is 0 Å². The van der Waals surface area contributed by atoms with Crippen LogP contribution in [0.5, 0.6) is 0 Å². The summed E-state index contributed by atoms with van der Waals surface area (Å²) in [5.41, 5.74) is 11.1. The van der Waals surface area contributed by atoms with Crippen LogP contribution >= 0.6 is 22.7 Å². The Morgan fingerprint density at radius 1 is 1.12 bits per heavy atom. The number of amidine groups is 1. The van der Waals surface area contributed by atoms with Gasteiger partial charge in [0.2, 0.25) is 0 Å². The molecule has 2 atom stereocenters. The van der Waals surface area contributed by atoms with Crippen molar-refractivity contribution >= 4 is 40.0 Å². The first kappa shape index (κ1) is 19.2. The molecule has 3 aromatic rings. The molecule has 1 aliphatic carbocycles. The van der Waals surface area contributed by atoms with E-state index in [1.165, 1.54) is 4.88 Å². The van der Waals surface area contributed by atoms with E-state index in [4.69, 9.17) is 10.7 Å². The minimum absolute atomic E-state index is 0.104. The number of benzene rings is 1. The molecule has 4 heterocycles. The SMILES string of the molecule is N#CC1=C2N=C(N)c3ccccc3N2C2=C(C(=O)CC(c3cccs3)C2)C1c1ccsc1. The second-order valence-corrected chi connectivity index (χ2v) is 9.85. The fraction of sp³-hybridized carbons (Fsp3) is 0.160. The van der Waals surface area contributed by atoms with Crippen LogP contribution in [-0.4, -0.2) is 11.6 Å².